The van der Waals surface area contributed by atoms with Gasteiger partial charge in [-0.2, -0.15) is 0 Å². The number of carbonyl (C=O) groups excluding carboxylic acids is 1. The van der Waals surface area contributed by atoms with Crippen LogP contribution in [-0.2, 0) is 16.0 Å². The van der Waals surface area contributed by atoms with Gasteiger partial charge in [-0.15, -0.1) is 0 Å². The topological polar surface area (TPSA) is 69.4 Å². The number of halogens is 1. The molecule has 6 heteroatoms. The van der Waals surface area contributed by atoms with Crippen molar-refractivity contribution in [3.63, 3.8) is 0 Å². The lowest BCUT2D eigenvalue weighted by atomic mass is 10.1. The van der Waals surface area contributed by atoms with Gasteiger partial charge in [-0.25, -0.2) is 0 Å². The van der Waals surface area contributed by atoms with Gasteiger partial charge in [0.2, 0.25) is 0 Å². The first-order valence-electron chi connectivity index (χ1n) is 5.08. The molecule has 0 saturated carbocycles. The summed E-state index contributed by atoms with van der Waals surface area (Å²) < 4.78 is 4.84. The minimum absolute atomic E-state index is 0.0380. The number of benzene rings is 1. The number of nitro groups is 1. The van der Waals surface area contributed by atoms with E-state index >= 15 is 0 Å². The third-order valence-electron chi connectivity index (χ3n) is 2.10. The predicted molar refractivity (Wildman–Crippen MR) is 66.1 cm³/mol. The number of hydrogen-bond donors (Lipinski definition) is 0. The van der Waals surface area contributed by atoms with Crippen LogP contribution in [0.5, 0.6) is 0 Å². The van der Waals surface area contributed by atoms with Crippen LogP contribution in [0.2, 0.25) is 0 Å². The predicted octanol–water partition coefficient (Wildman–Crippen LogP) is 2.46. The van der Waals surface area contributed by atoms with E-state index in [2.05, 4.69) is 15.9 Å². The molecule has 0 N–H and O–H groups in total. The van der Waals surface area contributed by atoms with Crippen molar-refractivity contribution in [3.8, 4) is 0 Å². The minimum Gasteiger partial charge on any atom is -0.465 e. The smallest absolute Gasteiger partial charge is 0.320 e. The second-order valence-corrected chi connectivity index (χ2v) is 4.45. The molecule has 17 heavy (non-hydrogen) atoms. The lowest BCUT2D eigenvalue weighted by molar-refractivity contribution is -0.384. The second kappa shape index (κ2) is 6.34. The second-order valence-electron chi connectivity index (χ2n) is 3.35. The average Bonchev–Trinajstić information content (AvgIpc) is 2.30. The largest absolute Gasteiger partial charge is 0.465 e. The summed E-state index contributed by atoms with van der Waals surface area (Å²) in [6.07, 6.45) is 0.441. The molecule has 1 atom stereocenters. The number of alkyl halides is 1. The van der Waals surface area contributed by atoms with E-state index in [9.17, 15) is 14.9 Å². The fraction of sp³-hybridized carbons (Fsp3) is 0.364. The Balaban J connectivity index is 2.63. The van der Waals surface area contributed by atoms with Gasteiger partial charge in [0.15, 0.2) is 0 Å². The Morgan fingerprint density at radius 3 is 2.53 bits per heavy atom. The molecule has 0 bridgehead atoms. The van der Waals surface area contributed by atoms with E-state index in [0.29, 0.717) is 13.0 Å². The van der Waals surface area contributed by atoms with E-state index in [4.69, 9.17) is 4.74 Å². The highest BCUT2D eigenvalue weighted by Crippen LogP contribution is 2.16. The van der Waals surface area contributed by atoms with Crippen molar-refractivity contribution in [2.24, 2.45) is 0 Å². The summed E-state index contributed by atoms with van der Waals surface area (Å²) in [5.41, 5.74) is 0.876. The Morgan fingerprint density at radius 1 is 1.47 bits per heavy atom. The molecule has 0 fully saturated rings. The normalized spacial score (nSPS) is 11.9. The summed E-state index contributed by atoms with van der Waals surface area (Å²) in [4.78, 5) is 20.9. The lowest BCUT2D eigenvalue weighted by Crippen LogP contribution is -2.19. The molecule has 5 nitrogen and oxygen atoms in total. The molecule has 1 rings (SSSR count). The molecule has 1 aromatic carbocycles. The molecule has 0 aliphatic carbocycles. The number of non-ortho nitro benzene ring substituents is 1. The number of nitrogens with zero attached hydrogens (tertiary/aromatic N) is 1. The molecule has 0 amide bonds. The standard InChI is InChI=1S/C11H12BrNO4/c1-2-17-11(14)10(12)7-8-3-5-9(6-4-8)13(15)16/h3-6,10H,2,7H2,1H3. The van der Waals surface area contributed by atoms with Gasteiger partial charge >= 0.3 is 5.97 Å². The summed E-state index contributed by atoms with van der Waals surface area (Å²) in [6, 6.07) is 6.09. The van der Waals surface area contributed by atoms with Gasteiger partial charge in [-0.05, 0) is 18.9 Å². The summed E-state index contributed by atoms with van der Waals surface area (Å²) >= 11 is 3.22. The van der Waals surface area contributed by atoms with Gasteiger partial charge in [-0.3, -0.25) is 14.9 Å². The third-order valence-corrected chi connectivity index (χ3v) is 2.80. The van der Waals surface area contributed by atoms with Crippen molar-refractivity contribution in [3.05, 3.63) is 39.9 Å². The van der Waals surface area contributed by atoms with Crippen LogP contribution in [0.25, 0.3) is 0 Å². The molecule has 0 saturated heterocycles. The van der Waals surface area contributed by atoms with E-state index in [0.717, 1.165) is 5.56 Å². The van der Waals surface area contributed by atoms with Crippen LogP contribution >= 0.6 is 15.9 Å². The lowest BCUT2D eigenvalue weighted by Gasteiger charge is -2.08. The highest BCUT2D eigenvalue weighted by molar-refractivity contribution is 9.10. The summed E-state index contributed by atoms with van der Waals surface area (Å²) in [5, 5.41) is 10.5. The molecular weight excluding hydrogens is 290 g/mol. The molecule has 0 aliphatic rings. The minimum atomic E-state index is -0.458. The van der Waals surface area contributed by atoms with E-state index in [1.54, 1.807) is 19.1 Å². The van der Waals surface area contributed by atoms with Crippen LogP contribution in [0.15, 0.2) is 24.3 Å². The van der Waals surface area contributed by atoms with Crippen molar-refractivity contribution >= 4 is 27.6 Å². The molecule has 0 heterocycles. The van der Waals surface area contributed by atoms with E-state index < -0.39 is 9.75 Å². The first-order valence-corrected chi connectivity index (χ1v) is 6.00. The van der Waals surface area contributed by atoms with Gasteiger partial charge in [0.05, 0.1) is 11.5 Å². The Kier molecular flexibility index (Phi) is 5.09. The Labute approximate surface area is 107 Å². The number of rotatable bonds is 5. The van der Waals surface area contributed by atoms with Crippen molar-refractivity contribution in [1.82, 2.24) is 0 Å². The molecule has 1 unspecified atom stereocenters. The highest BCUT2D eigenvalue weighted by atomic mass is 79.9. The molecule has 0 aliphatic heterocycles. The van der Waals surface area contributed by atoms with Crippen LogP contribution in [0.3, 0.4) is 0 Å². The van der Waals surface area contributed by atoms with E-state index in [1.165, 1.54) is 12.1 Å². The van der Waals surface area contributed by atoms with Gasteiger partial charge in [0.1, 0.15) is 4.83 Å². The molecule has 0 aromatic heterocycles. The van der Waals surface area contributed by atoms with Crippen LogP contribution in [-0.4, -0.2) is 22.3 Å². The van der Waals surface area contributed by atoms with Crippen LogP contribution in [0, 0.1) is 10.1 Å². The Morgan fingerprint density at radius 2 is 2.06 bits per heavy atom. The van der Waals surface area contributed by atoms with Gasteiger partial charge < -0.3 is 4.74 Å². The first-order chi connectivity index (χ1) is 8.04. The summed E-state index contributed by atoms with van der Waals surface area (Å²) in [5.74, 6) is -0.328. The fourth-order valence-electron chi connectivity index (χ4n) is 1.28. The fourth-order valence-corrected chi connectivity index (χ4v) is 1.78. The zero-order valence-corrected chi connectivity index (χ0v) is 10.8. The van der Waals surface area contributed by atoms with E-state index in [-0.39, 0.29) is 11.7 Å². The summed E-state index contributed by atoms with van der Waals surface area (Å²) in [7, 11) is 0. The monoisotopic (exact) mass is 301 g/mol. The number of carbonyl (C=O) groups is 1. The van der Waals surface area contributed by atoms with Crippen molar-refractivity contribution in [1.29, 1.82) is 0 Å². The molecule has 1 aromatic rings. The van der Waals surface area contributed by atoms with Crippen molar-refractivity contribution < 1.29 is 14.5 Å². The summed E-state index contributed by atoms with van der Waals surface area (Å²) in [6.45, 7) is 2.07. The maximum absolute atomic E-state index is 11.3. The Hall–Kier alpha value is -1.43. The van der Waals surface area contributed by atoms with Crippen LogP contribution in [0.4, 0.5) is 5.69 Å². The third kappa shape index (κ3) is 4.14. The maximum Gasteiger partial charge on any atom is 0.320 e. The first kappa shape index (κ1) is 13.6. The van der Waals surface area contributed by atoms with Gasteiger partial charge in [0.25, 0.3) is 5.69 Å². The van der Waals surface area contributed by atoms with Crippen LogP contribution < -0.4 is 0 Å². The average molecular weight is 302 g/mol. The number of nitro benzene ring substituents is 1. The zero-order valence-electron chi connectivity index (χ0n) is 9.26. The zero-order chi connectivity index (χ0) is 12.8. The molecule has 0 radical (unpaired) electrons. The molecule has 0 spiro atoms. The SMILES string of the molecule is CCOC(=O)C(Br)Cc1ccc([N+](=O)[O-])cc1. The van der Waals surface area contributed by atoms with Gasteiger partial charge in [-0.1, -0.05) is 28.1 Å². The maximum atomic E-state index is 11.3. The Bertz CT molecular complexity index is 404. The number of esters is 1. The van der Waals surface area contributed by atoms with E-state index in [1.807, 2.05) is 0 Å². The van der Waals surface area contributed by atoms with Crippen molar-refractivity contribution in [2.75, 3.05) is 6.61 Å². The van der Waals surface area contributed by atoms with Gasteiger partial charge in [0, 0.05) is 12.1 Å². The molecular formula is C11H12BrNO4. The quantitative estimate of drug-likeness (QED) is 0.362. The number of hydrogen-bond acceptors (Lipinski definition) is 4. The van der Waals surface area contributed by atoms with Crippen LogP contribution in [0.1, 0.15) is 12.5 Å². The number of ether oxygens (including phenoxy) is 1. The highest BCUT2D eigenvalue weighted by Gasteiger charge is 2.16. The molecule has 92 valence electrons. The van der Waals surface area contributed by atoms with Crippen molar-refractivity contribution in [2.45, 2.75) is 18.2 Å².